The van der Waals surface area contributed by atoms with Gasteiger partial charge < -0.3 is 14.2 Å². The molecule has 8 heteroatoms. The lowest BCUT2D eigenvalue weighted by molar-refractivity contribution is -0.150. The number of ether oxygens (including phenoxy) is 3. The van der Waals surface area contributed by atoms with E-state index in [4.69, 9.17) is 14.2 Å². The molecule has 0 aliphatic carbocycles. The number of carbonyl (C=O) groups is 3. The third kappa shape index (κ3) is 3.90. The average molecular weight is 315 g/mol. The van der Waals surface area contributed by atoms with Gasteiger partial charge in [0.05, 0.1) is 17.9 Å². The summed E-state index contributed by atoms with van der Waals surface area (Å²) in [7, 11) is 0. The summed E-state index contributed by atoms with van der Waals surface area (Å²) in [5.74, 6) is 0.0251. The second-order valence-electron chi connectivity index (χ2n) is 4.75. The summed E-state index contributed by atoms with van der Waals surface area (Å²) in [4.78, 5) is 35.9. The highest BCUT2D eigenvalue weighted by atomic mass is 32.2. The minimum Gasteiger partial charge on any atom is -0.457 e. The summed E-state index contributed by atoms with van der Waals surface area (Å²) >= 11 is 1.61. The van der Waals surface area contributed by atoms with Crippen LogP contribution in [0.25, 0.3) is 0 Å². The van der Waals surface area contributed by atoms with Gasteiger partial charge in [0.15, 0.2) is 0 Å². The zero-order valence-electron chi connectivity index (χ0n) is 11.9. The number of carbonyl (C=O) groups excluding carboxylic acids is 3. The van der Waals surface area contributed by atoms with E-state index in [1.807, 2.05) is 0 Å². The first-order chi connectivity index (χ1) is 9.99. The molecule has 0 unspecified atom stereocenters. The summed E-state index contributed by atoms with van der Waals surface area (Å²) in [6.07, 6.45) is 1.07. The standard InChI is InChI=1S/C13H17NO6S/c1-8(2)20-13(17)19-5-4-18-12(16)9-3-6-21-11-7-10(15)14(9)11/h3,8,11H,4-7H2,1-2H3/t11-/m1/s1. The number of hydrogen-bond donors (Lipinski definition) is 0. The van der Waals surface area contributed by atoms with Crippen LogP contribution in [0.1, 0.15) is 20.3 Å². The van der Waals surface area contributed by atoms with Gasteiger partial charge >= 0.3 is 12.1 Å². The molecule has 0 bridgehead atoms. The Labute approximate surface area is 126 Å². The smallest absolute Gasteiger partial charge is 0.457 e. The fourth-order valence-electron chi connectivity index (χ4n) is 1.89. The number of fused-ring (bicyclic) bond motifs is 1. The van der Waals surface area contributed by atoms with Crippen LogP contribution in [0.2, 0.25) is 0 Å². The van der Waals surface area contributed by atoms with Crippen LogP contribution in [-0.4, -0.2) is 53.4 Å². The number of amides is 1. The van der Waals surface area contributed by atoms with E-state index < -0.39 is 12.1 Å². The molecule has 0 radical (unpaired) electrons. The van der Waals surface area contributed by atoms with Crippen molar-refractivity contribution in [2.45, 2.75) is 31.7 Å². The lowest BCUT2D eigenvalue weighted by Gasteiger charge is -2.42. The van der Waals surface area contributed by atoms with Crippen LogP contribution < -0.4 is 0 Å². The number of hydrogen-bond acceptors (Lipinski definition) is 7. The third-order valence-electron chi connectivity index (χ3n) is 2.81. The van der Waals surface area contributed by atoms with Crippen LogP contribution in [0.5, 0.6) is 0 Å². The topological polar surface area (TPSA) is 82.1 Å². The van der Waals surface area contributed by atoms with Crippen LogP contribution in [-0.2, 0) is 23.8 Å². The van der Waals surface area contributed by atoms with E-state index in [9.17, 15) is 14.4 Å². The molecule has 2 aliphatic rings. The van der Waals surface area contributed by atoms with Gasteiger partial charge in [0.1, 0.15) is 18.9 Å². The fraction of sp³-hybridized carbons (Fsp3) is 0.615. The van der Waals surface area contributed by atoms with Gasteiger partial charge in [0, 0.05) is 5.75 Å². The first-order valence-corrected chi connectivity index (χ1v) is 7.68. The number of nitrogens with zero attached hydrogens (tertiary/aromatic N) is 1. The first-order valence-electron chi connectivity index (χ1n) is 6.63. The lowest BCUT2D eigenvalue weighted by atomic mass is 10.1. The maximum absolute atomic E-state index is 11.9. The third-order valence-corrected chi connectivity index (χ3v) is 3.93. The van der Waals surface area contributed by atoms with Crippen LogP contribution in [0.4, 0.5) is 4.79 Å². The van der Waals surface area contributed by atoms with E-state index in [0.29, 0.717) is 12.2 Å². The predicted molar refractivity (Wildman–Crippen MR) is 74.3 cm³/mol. The van der Waals surface area contributed by atoms with Crippen LogP contribution in [0.3, 0.4) is 0 Å². The van der Waals surface area contributed by atoms with Crippen molar-refractivity contribution < 1.29 is 28.6 Å². The van der Waals surface area contributed by atoms with E-state index in [1.165, 1.54) is 4.90 Å². The zero-order valence-corrected chi connectivity index (χ0v) is 12.7. The van der Waals surface area contributed by atoms with Gasteiger partial charge in [-0.3, -0.25) is 9.69 Å². The van der Waals surface area contributed by atoms with Gasteiger partial charge in [0.2, 0.25) is 5.91 Å². The highest BCUT2D eigenvalue weighted by Gasteiger charge is 2.43. The second-order valence-corrected chi connectivity index (χ2v) is 5.96. The number of rotatable bonds is 5. The molecule has 2 heterocycles. The zero-order chi connectivity index (χ0) is 15.4. The molecule has 0 aromatic carbocycles. The molecule has 1 fully saturated rings. The highest BCUT2D eigenvalue weighted by Crippen LogP contribution is 2.37. The van der Waals surface area contributed by atoms with Crippen molar-refractivity contribution in [3.8, 4) is 0 Å². The molecular weight excluding hydrogens is 298 g/mol. The Morgan fingerprint density at radius 2 is 2.10 bits per heavy atom. The van der Waals surface area contributed by atoms with E-state index in [0.717, 1.165) is 0 Å². The molecule has 7 nitrogen and oxygen atoms in total. The van der Waals surface area contributed by atoms with Crippen molar-refractivity contribution in [2.75, 3.05) is 19.0 Å². The van der Waals surface area contributed by atoms with E-state index >= 15 is 0 Å². The Hall–Kier alpha value is -1.70. The molecule has 0 aromatic rings. The Morgan fingerprint density at radius 3 is 2.76 bits per heavy atom. The first kappa shape index (κ1) is 15.7. The molecular formula is C13H17NO6S. The van der Waals surface area contributed by atoms with Crippen LogP contribution in [0, 0.1) is 0 Å². The molecule has 2 rings (SSSR count). The number of β-lactam (4-membered cyclic amide) rings is 1. The minimum absolute atomic E-state index is 0.0438. The van der Waals surface area contributed by atoms with Crippen LogP contribution in [0.15, 0.2) is 11.8 Å². The molecule has 0 N–H and O–H groups in total. The Morgan fingerprint density at radius 1 is 1.38 bits per heavy atom. The van der Waals surface area contributed by atoms with Crippen LogP contribution >= 0.6 is 11.8 Å². The van der Waals surface area contributed by atoms with Gasteiger partial charge in [-0.05, 0) is 19.9 Å². The Kier molecular flexibility index (Phi) is 5.11. The summed E-state index contributed by atoms with van der Waals surface area (Å²) in [5.41, 5.74) is 0.278. The molecule has 116 valence electrons. The molecule has 1 amide bonds. The van der Waals surface area contributed by atoms with Gasteiger partial charge in [-0.15, -0.1) is 11.8 Å². The van der Waals surface area contributed by atoms with Crippen molar-refractivity contribution in [2.24, 2.45) is 0 Å². The maximum Gasteiger partial charge on any atom is 0.508 e. The van der Waals surface area contributed by atoms with Crippen molar-refractivity contribution >= 4 is 29.8 Å². The number of esters is 1. The van der Waals surface area contributed by atoms with Gasteiger partial charge in [-0.1, -0.05) is 0 Å². The molecule has 0 spiro atoms. The van der Waals surface area contributed by atoms with Gasteiger partial charge in [-0.2, -0.15) is 0 Å². The normalized spacial score (nSPS) is 20.3. The van der Waals surface area contributed by atoms with Gasteiger partial charge in [0.25, 0.3) is 0 Å². The Bertz CT molecular complexity index is 475. The fourth-order valence-corrected chi connectivity index (χ4v) is 3.00. The Balaban J connectivity index is 1.71. The molecule has 21 heavy (non-hydrogen) atoms. The van der Waals surface area contributed by atoms with Crippen molar-refractivity contribution in [1.82, 2.24) is 4.90 Å². The maximum atomic E-state index is 11.9. The lowest BCUT2D eigenvalue weighted by Crippen LogP contribution is -2.53. The second kappa shape index (κ2) is 6.84. The summed E-state index contributed by atoms with van der Waals surface area (Å²) in [6, 6.07) is 0. The van der Waals surface area contributed by atoms with E-state index in [-0.39, 0.29) is 36.3 Å². The predicted octanol–water partition coefficient (Wildman–Crippen LogP) is 1.28. The molecule has 2 aliphatic heterocycles. The average Bonchev–Trinajstić information content (AvgIpc) is 2.40. The molecule has 0 saturated carbocycles. The summed E-state index contributed by atoms with van der Waals surface area (Å²) in [5, 5.41) is 0.0438. The van der Waals surface area contributed by atoms with Gasteiger partial charge in [-0.25, -0.2) is 9.59 Å². The molecule has 1 atom stereocenters. The number of thioether (sulfide) groups is 1. The molecule has 0 aromatic heterocycles. The minimum atomic E-state index is -0.799. The van der Waals surface area contributed by atoms with E-state index in [2.05, 4.69) is 0 Å². The largest absolute Gasteiger partial charge is 0.508 e. The van der Waals surface area contributed by atoms with Crippen molar-refractivity contribution in [1.29, 1.82) is 0 Å². The monoisotopic (exact) mass is 315 g/mol. The quantitative estimate of drug-likeness (QED) is 0.429. The van der Waals surface area contributed by atoms with Crippen molar-refractivity contribution in [3.05, 3.63) is 11.8 Å². The summed E-state index contributed by atoms with van der Waals surface area (Å²) in [6.45, 7) is 3.24. The van der Waals surface area contributed by atoms with Crippen molar-refractivity contribution in [3.63, 3.8) is 0 Å². The summed E-state index contributed by atoms with van der Waals surface area (Å²) < 4.78 is 14.5. The highest BCUT2D eigenvalue weighted by molar-refractivity contribution is 8.00. The SMILES string of the molecule is CC(C)OC(=O)OCCOC(=O)C1=CCS[C@@H]2CC(=O)N12. The van der Waals surface area contributed by atoms with E-state index in [1.54, 1.807) is 31.7 Å². The molecule has 1 saturated heterocycles.